The fourth-order valence-electron chi connectivity index (χ4n) is 4.70. The molecule has 2 aromatic rings. The molecule has 0 saturated heterocycles. The quantitative estimate of drug-likeness (QED) is 0.620. The van der Waals surface area contributed by atoms with E-state index in [-0.39, 0.29) is 29.6 Å². The minimum atomic E-state index is -4.21. The molecule has 0 aliphatic heterocycles. The first-order valence-electron chi connectivity index (χ1n) is 10.1. The fourth-order valence-corrected chi connectivity index (χ4v) is 4.70. The fraction of sp³-hybridized carbons (Fsp3) is 0.600. The molecule has 2 aromatic heterocycles. The Morgan fingerprint density at radius 1 is 1.23 bits per heavy atom. The van der Waals surface area contributed by atoms with E-state index in [0.29, 0.717) is 35.9 Å². The van der Waals surface area contributed by atoms with E-state index in [1.165, 1.54) is 12.3 Å². The summed E-state index contributed by atoms with van der Waals surface area (Å²) in [7, 11) is 0. The highest BCUT2D eigenvalue weighted by Crippen LogP contribution is 2.63. The van der Waals surface area contributed by atoms with Crippen LogP contribution in [0.3, 0.4) is 0 Å². The summed E-state index contributed by atoms with van der Waals surface area (Å²) in [6, 6.07) is 3.22. The van der Waals surface area contributed by atoms with Gasteiger partial charge in [0.1, 0.15) is 0 Å². The molecule has 2 saturated carbocycles. The molecule has 2 heterocycles. The summed E-state index contributed by atoms with van der Waals surface area (Å²) < 4.78 is 68.9. The van der Waals surface area contributed by atoms with Gasteiger partial charge in [0.25, 0.3) is 0 Å². The highest BCUT2D eigenvalue weighted by molar-refractivity contribution is 5.64. The SMILES string of the molecule is CC(C)n1nc(-c2cnc(N)c(OC(F)F)c2)cc1[C@H]1[C@@H]2C[C@@H](NCC(F)(F)F)C[C@@H]21. The molecule has 6 nitrogen and oxygen atoms in total. The van der Waals surface area contributed by atoms with Crippen molar-refractivity contribution in [2.24, 2.45) is 11.8 Å². The van der Waals surface area contributed by atoms with Gasteiger partial charge in [0, 0.05) is 35.5 Å². The maximum atomic E-state index is 12.6. The van der Waals surface area contributed by atoms with Gasteiger partial charge in [-0.3, -0.25) is 4.68 Å². The number of nitrogens with two attached hydrogens (primary N) is 1. The second-order valence-corrected chi connectivity index (χ2v) is 8.50. The Morgan fingerprint density at radius 2 is 1.90 bits per heavy atom. The van der Waals surface area contributed by atoms with Crippen LogP contribution in [0.4, 0.5) is 27.8 Å². The Bertz CT molecular complexity index is 933. The molecular formula is C20H24F5N5O. The van der Waals surface area contributed by atoms with E-state index in [2.05, 4.69) is 20.1 Å². The standard InChI is InChI=1S/C20H24F5N5O/c1-9(2)30-15(17-12-4-11(5-13(12)17)28-8-20(23,24)25)6-14(29-30)10-3-16(31-19(21)22)18(26)27-7-10/h3,6-7,9,11-13,17,19,28H,4-5,8H2,1-2H3,(H2,26,27)/t11-,12-,13+,17+. The molecule has 0 unspecified atom stereocenters. The maximum Gasteiger partial charge on any atom is 0.401 e. The van der Waals surface area contributed by atoms with Crippen LogP contribution in [0.1, 0.15) is 44.3 Å². The summed E-state index contributed by atoms with van der Waals surface area (Å²) in [5, 5.41) is 7.24. The number of hydrogen-bond donors (Lipinski definition) is 2. The van der Waals surface area contributed by atoms with E-state index in [9.17, 15) is 22.0 Å². The molecule has 11 heteroatoms. The van der Waals surface area contributed by atoms with Crippen LogP contribution in [0.15, 0.2) is 18.3 Å². The molecular weight excluding hydrogens is 421 g/mol. The molecule has 0 radical (unpaired) electrons. The van der Waals surface area contributed by atoms with Gasteiger partial charge in [0.15, 0.2) is 11.6 Å². The van der Waals surface area contributed by atoms with Gasteiger partial charge in [0.2, 0.25) is 0 Å². The van der Waals surface area contributed by atoms with Crippen LogP contribution in [0.2, 0.25) is 0 Å². The topological polar surface area (TPSA) is 78.0 Å². The van der Waals surface area contributed by atoms with Crippen molar-refractivity contribution in [1.29, 1.82) is 0 Å². The molecule has 31 heavy (non-hydrogen) atoms. The normalized spacial score (nSPS) is 25.3. The molecule has 4 rings (SSSR count). The first-order chi connectivity index (χ1) is 14.5. The highest BCUT2D eigenvalue weighted by Gasteiger charge is 2.58. The van der Waals surface area contributed by atoms with Gasteiger partial charge in [-0.2, -0.15) is 27.1 Å². The van der Waals surface area contributed by atoms with E-state index < -0.39 is 19.3 Å². The van der Waals surface area contributed by atoms with Crippen LogP contribution in [0, 0.1) is 11.8 Å². The zero-order chi connectivity index (χ0) is 22.5. The molecule has 2 aliphatic rings. The molecule has 0 spiro atoms. The Morgan fingerprint density at radius 3 is 2.48 bits per heavy atom. The Kier molecular flexibility index (Phi) is 5.57. The summed E-state index contributed by atoms with van der Waals surface area (Å²) in [5.74, 6) is 0.507. The number of hydrogen-bond acceptors (Lipinski definition) is 5. The number of halogens is 5. The number of nitrogen functional groups attached to an aromatic ring is 1. The first kappa shape index (κ1) is 21.8. The lowest BCUT2D eigenvalue weighted by atomic mass is 10.0. The molecule has 170 valence electrons. The number of fused-ring (bicyclic) bond motifs is 1. The molecule has 2 fully saturated rings. The predicted octanol–water partition coefficient (Wildman–Crippen LogP) is 4.35. The number of pyridine rings is 1. The van der Waals surface area contributed by atoms with Gasteiger partial charge in [-0.1, -0.05) is 0 Å². The van der Waals surface area contributed by atoms with E-state index in [4.69, 9.17) is 5.73 Å². The third-order valence-electron chi connectivity index (χ3n) is 6.03. The number of ether oxygens (including phenoxy) is 1. The van der Waals surface area contributed by atoms with Crippen LogP contribution < -0.4 is 15.8 Å². The molecule has 0 aromatic carbocycles. The predicted molar refractivity (Wildman–Crippen MR) is 104 cm³/mol. The number of rotatable bonds is 7. The van der Waals surface area contributed by atoms with Crippen LogP contribution in [-0.4, -0.2) is 40.1 Å². The van der Waals surface area contributed by atoms with Crippen molar-refractivity contribution < 1.29 is 26.7 Å². The minimum Gasteiger partial charge on any atom is -0.431 e. The third kappa shape index (κ3) is 4.60. The van der Waals surface area contributed by atoms with Crippen molar-refractivity contribution in [2.75, 3.05) is 12.3 Å². The molecule has 2 aliphatic carbocycles. The summed E-state index contributed by atoms with van der Waals surface area (Å²) in [4.78, 5) is 3.93. The maximum absolute atomic E-state index is 12.6. The Labute approximate surface area is 176 Å². The van der Waals surface area contributed by atoms with E-state index in [1.54, 1.807) is 0 Å². The summed E-state index contributed by atoms with van der Waals surface area (Å²) in [5.41, 5.74) is 7.68. The largest absolute Gasteiger partial charge is 0.431 e. The third-order valence-corrected chi connectivity index (χ3v) is 6.03. The zero-order valence-corrected chi connectivity index (χ0v) is 17.0. The van der Waals surface area contributed by atoms with Crippen molar-refractivity contribution in [3.05, 3.63) is 24.0 Å². The molecule has 3 N–H and O–H groups in total. The molecule has 0 bridgehead atoms. The number of aromatic nitrogens is 3. The van der Waals surface area contributed by atoms with Crippen LogP contribution in [0.25, 0.3) is 11.3 Å². The van der Waals surface area contributed by atoms with Crippen LogP contribution >= 0.6 is 0 Å². The van der Waals surface area contributed by atoms with Crippen molar-refractivity contribution in [3.8, 4) is 17.0 Å². The van der Waals surface area contributed by atoms with Gasteiger partial charge in [-0.25, -0.2) is 4.98 Å². The van der Waals surface area contributed by atoms with Gasteiger partial charge in [0.05, 0.1) is 12.2 Å². The van der Waals surface area contributed by atoms with E-state index in [1.807, 2.05) is 24.6 Å². The van der Waals surface area contributed by atoms with Crippen LogP contribution in [0.5, 0.6) is 5.75 Å². The minimum absolute atomic E-state index is 0.0581. The van der Waals surface area contributed by atoms with Crippen molar-refractivity contribution >= 4 is 5.82 Å². The number of alkyl halides is 5. The van der Waals surface area contributed by atoms with Gasteiger partial charge < -0.3 is 15.8 Å². The van der Waals surface area contributed by atoms with Gasteiger partial charge in [-0.05, 0) is 50.7 Å². The average Bonchev–Trinajstić information content (AvgIpc) is 3.04. The second kappa shape index (κ2) is 7.92. The lowest BCUT2D eigenvalue weighted by Crippen LogP contribution is -2.36. The van der Waals surface area contributed by atoms with Gasteiger partial charge in [-0.15, -0.1) is 0 Å². The lowest BCUT2D eigenvalue weighted by Gasteiger charge is -2.18. The monoisotopic (exact) mass is 445 g/mol. The zero-order valence-electron chi connectivity index (χ0n) is 17.0. The van der Waals surface area contributed by atoms with Crippen molar-refractivity contribution in [2.45, 2.75) is 57.5 Å². The second-order valence-electron chi connectivity index (χ2n) is 8.50. The first-order valence-corrected chi connectivity index (χ1v) is 10.1. The van der Waals surface area contributed by atoms with Crippen LogP contribution in [-0.2, 0) is 0 Å². The summed E-state index contributed by atoms with van der Waals surface area (Å²) in [6.07, 6.45) is -1.37. The molecule has 0 amide bonds. The lowest BCUT2D eigenvalue weighted by molar-refractivity contribution is -0.126. The number of nitrogens with one attached hydrogen (secondary N) is 1. The Hall–Kier alpha value is -2.43. The van der Waals surface area contributed by atoms with E-state index in [0.717, 1.165) is 5.69 Å². The number of nitrogens with zero attached hydrogens (tertiary/aromatic N) is 3. The average molecular weight is 445 g/mol. The smallest absolute Gasteiger partial charge is 0.401 e. The number of anilines is 1. The van der Waals surface area contributed by atoms with E-state index >= 15 is 0 Å². The van der Waals surface area contributed by atoms with Crippen molar-refractivity contribution in [3.63, 3.8) is 0 Å². The Balaban J connectivity index is 1.52. The molecule has 4 atom stereocenters. The summed E-state index contributed by atoms with van der Waals surface area (Å²) in [6.45, 7) is -0.0201. The highest BCUT2D eigenvalue weighted by atomic mass is 19.4. The van der Waals surface area contributed by atoms with Crippen molar-refractivity contribution in [1.82, 2.24) is 20.1 Å². The summed E-state index contributed by atoms with van der Waals surface area (Å²) >= 11 is 0. The van der Waals surface area contributed by atoms with Gasteiger partial charge >= 0.3 is 12.8 Å².